The molecule has 1 atom stereocenters. The minimum absolute atomic E-state index is 0.0950. The summed E-state index contributed by atoms with van der Waals surface area (Å²) in [7, 11) is 0. The zero-order valence-corrected chi connectivity index (χ0v) is 16.6. The number of quaternary nitrogens is 1. The summed E-state index contributed by atoms with van der Waals surface area (Å²) in [4.78, 5) is 29.6. The molecule has 1 aliphatic rings. The first-order chi connectivity index (χ1) is 14.0. The fourth-order valence-corrected chi connectivity index (χ4v) is 4.07. The van der Waals surface area contributed by atoms with Gasteiger partial charge in [0.1, 0.15) is 11.4 Å². The smallest absolute Gasteiger partial charge is 0.291 e. The number of carbonyl (C=O) groups excluding carboxylic acids is 1. The van der Waals surface area contributed by atoms with Crippen molar-refractivity contribution >= 4 is 16.9 Å². The average molecular weight is 395 g/mol. The predicted octanol–water partition coefficient (Wildman–Crippen LogP) is 2.40. The van der Waals surface area contributed by atoms with Crippen LogP contribution >= 0.6 is 0 Å². The van der Waals surface area contributed by atoms with Gasteiger partial charge in [-0.15, -0.1) is 0 Å². The molecule has 29 heavy (non-hydrogen) atoms. The van der Waals surface area contributed by atoms with E-state index in [1.807, 2.05) is 0 Å². The number of amides is 1. The Kier molecular flexibility index (Phi) is 5.20. The summed E-state index contributed by atoms with van der Waals surface area (Å²) in [6.45, 7) is 7.36. The van der Waals surface area contributed by atoms with Gasteiger partial charge in [0.15, 0.2) is 5.43 Å². The van der Waals surface area contributed by atoms with Gasteiger partial charge in [-0.05, 0) is 43.7 Å². The third kappa shape index (κ3) is 3.34. The number of halogens is 1. The molecule has 1 N–H and O–H groups in total. The van der Waals surface area contributed by atoms with Crippen LogP contribution in [-0.2, 0) is 0 Å². The van der Waals surface area contributed by atoms with Crippen LogP contribution in [0.1, 0.15) is 41.6 Å². The Bertz CT molecular complexity index is 1100. The average Bonchev–Trinajstić information content (AvgIpc) is 3.02. The number of fused-ring (bicyclic) bond motifs is 2. The molecule has 3 aromatic rings. The van der Waals surface area contributed by atoms with E-state index in [4.69, 9.17) is 4.42 Å². The molecule has 2 heterocycles. The number of rotatable bonds is 6. The second kappa shape index (κ2) is 7.79. The molecule has 0 saturated heterocycles. The Morgan fingerprint density at radius 3 is 2.41 bits per heavy atom. The Morgan fingerprint density at radius 2 is 1.72 bits per heavy atom. The zero-order valence-electron chi connectivity index (χ0n) is 16.6. The fraction of sp³-hybridized carbons (Fsp3) is 0.304. The Hall–Kier alpha value is -2.99. The molecule has 0 radical (unpaired) electrons. The van der Waals surface area contributed by atoms with Crippen LogP contribution in [0.2, 0.25) is 0 Å². The number of nitrogens with zero attached hydrogens (tertiary/aromatic N) is 1. The molecule has 1 aliphatic heterocycles. The monoisotopic (exact) mass is 395 g/mol. The maximum atomic E-state index is 13.5. The van der Waals surface area contributed by atoms with Crippen molar-refractivity contribution in [1.29, 1.82) is 0 Å². The van der Waals surface area contributed by atoms with E-state index in [0.717, 1.165) is 19.6 Å². The molecule has 6 heteroatoms. The highest BCUT2D eigenvalue weighted by atomic mass is 19.1. The van der Waals surface area contributed by atoms with E-state index in [0.29, 0.717) is 28.6 Å². The van der Waals surface area contributed by atoms with Gasteiger partial charge in [0.05, 0.1) is 43.2 Å². The molecule has 2 aromatic carbocycles. The van der Waals surface area contributed by atoms with E-state index in [9.17, 15) is 14.0 Å². The van der Waals surface area contributed by atoms with Crippen LogP contribution in [0.5, 0.6) is 0 Å². The Morgan fingerprint density at radius 1 is 1.03 bits per heavy atom. The molecule has 0 spiro atoms. The molecule has 0 unspecified atom stereocenters. The maximum Gasteiger partial charge on any atom is 0.291 e. The van der Waals surface area contributed by atoms with Crippen molar-refractivity contribution < 1.29 is 18.5 Å². The minimum Gasteiger partial charge on any atom is -0.450 e. The van der Waals surface area contributed by atoms with Gasteiger partial charge in [-0.1, -0.05) is 24.3 Å². The van der Waals surface area contributed by atoms with Crippen molar-refractivity contribution in [3.8, 4) is 0 Å². The topological polar surface area (TPSA) is 55.0 Å². The predicted molar refractivity (Wildman–Crippen MR) is 109 cm³/mol. The standard InChI is InChI=1S/C23H23FN2O3/c1-3-25(4-2)13-14-26-20(15-9-11-16(24)12-10-15)19-21(27)17-7-5-6-8-18(17)29-22(19)23(26)28/h5-12,20H,3-4,13-14H2,1-2H3/p+1/t20-/m0/s1. The molecule has 150 valence electrons. The van der Waals surface area contributed by atoms with E-state index >= 15 is 0 Å². The number of likely N-dealkylation sites (N-methyl/N-ethyl adjacent to an activating group) is 1. The van der Waals surface area contributed by atoms with E-state index in [-0.39, 0.29) is 22.9 Å². The largest absolute Gasteiger partial charge is 0.450 e. The minimum atomic E-state index is -0.575. The van der Waals surface area contributed by atoms with E-state index in [1.54, 1.807) is 41.3 Å². The summed E-state index contributed by atoms with van der Waals surface area (Å²) < 4.78 is 19.4. The summed E-state index contributed by atoms with van der Waals surface area (Å²) in [5.41, 5.74) is 1.24. The summed E-state index contributed by atoms with van der Waals surface area (Å²) in [6, 6.07) is 12.3. The highest BCUT2D eigenvalue weighted by Gasteiger charge is 2.42. The lowest BCUT2D eigenvalue weighted by molar-refractivity contribution is -0.895. The molecule has 0 bridgehead atoms. The summed E-state index contributed by atoms with van der Waals surface area (Å²) >= 11 is 0. The molecule has 5 nitrogen and oxygen atoms in total. The zero-order chi connectivity index (χ0) is 20.5. The van der Waals surface area contributed by atoms with Crippen molar-refractivity contribution in [2.45, 2.75) is 19.9 Å². The van der Waals surface area contributed by atoms with Crippen molar-refractivity contribution in [3.63, 3.8) is 0 Å². The normalized spacial score (nSPS) is 16.1. The van der Waals surface area contributed by atoms with Gasteiger partial charge in [0, 0.05) is 0 Å². The SMILES string of the molecule is CC[NH+](CC)CCN1C(=O)c2oc3ccccc3c(=O)c2[C@@H]1c1ccc(F)cc1. The van der Waals surface area contributed by atoms with Crippen LogP contribution in [0.3, 0.4) is 0 Å². The number of nitrogens with one attached hydrogen (secondary N) is 1. The first-order valence-electron chi connectivity index (χ1n) is 10.0. The van der Waals surface area contributed by atoms with Gasteiger partial charge in [0.25, 0.3) is 5.91 Å². The first kappa shape index (κ1) is 19.3. The van der Waals surface area contributed by atoms with Crippen LogP contribution in [0.4, 0.5) is 4.39 Å². The summed E-state index contributed by atoms with van der Waals surface area (Å²) in [6.07, 6.45) is 0. The summed E-state index contributed by atoms with van der Waals surface area (Å²) in [5.74, 6) is -0.552. The molecule has 0 fully saturated rings. The summed E-state index contributed by atoms with van der Waals surface area (Å²) in [5, 5.41) is 0.447. The Balaban J connectivity index is 1.85. The molecule has 1 amide bonds. The van der Waals surface area contributed by atoms with Crippen molar-refractivity contribution in [2.24, 2.45) is 0 Å². The van der Waals surface area contributed by atoms with Crippen LogP contribution in [0, 0.1) is 5.82 Å². The number of para-hydroxylation sites is 1. The van der Waals surface area contributed by atoms with Gasteiger partial charge < -0.3 is 14.2 Å². The van der Waals surface area contributed by atoms with Crippen molar-refractivity contribution in [3.05, 3.63) is 81.5 Å². The lowest BCUT2D eigenvalue weighted by Crippen LogP contribution is -3.12. The lowest BCUT2D eigenvalue weighted by atomic mass is 9.98. The van der Waals surface area contributed by atoms with Crippen LogP contribution in [-0.4, -0.2) is 37.0 Å². The van der Waals surface area contributed by atoms with Crippen LogP contribution in [0.15, 0.2) is 57.7 Å². The molecule has 4 rings (SSSR count). The van der Waals surface area contributed by atoms with Crippen molar-refractivity contribution in [1.82, 2.24) is 4.90 Å². The number of carbonyl (C=O) groups is 1. The molecule has 0 saturated carbocycles. The van der Waals surface area contributed by atoms with Gasteiger partial charge in [-0.2, -0.15) is 0 Å². The van der Waals surface area contributed by atoms with Gasteiger partial charge in [0.2, 0.25) is 5.76 Å². The second-order valence-electron chi connectivity index (χ2n) is 7.33. The van der Waals surface area contributed by atoms with Gasteiger partial charge >= 0.3 is 0 Å². The third-order valence-electron chi connectivity index (χ3n) is 5.77. The molecular formula is C23H24FN2O3+. The number of hydrogen-bond acceptors (Lipinski definition) is 3. The quantitative estimate of drug-likeness (QED) is 0.697. The fourth-order valence-electron chi connectivity index (χ4n) is 4.07. The van der Waals surface area contributed by atoms with Gasteiger partial charge in [-0.3, -0.25) is 9.59 Å². The van der Waals surface area contributed by atoms with E-state index in [2.05, 4.69) is 13.8 Å². The highest BCUT2D eigenvalue weighted by molar-refractivity contribution is 5.99. The highest BCUT2D eigenvalue weighted by Crippen LogP contribution is 2.37. The molecule has 1 aromatic heterocycles. The number of hydrogen-bond donors (Lipinski definition) is 1. The molecular weight excluding hydrogens is 371 g/mol. The van der Waals surface area contributed by atoms with E-state index < -0.39 is 6.04 Å². The third-order valence-corrected chi connectivity index (χ3v) is 5.77. The van der Waals surface area contributed by atoms with Crippen LogP contribution in [0.25, 0.3) is 11.0 Å². The van der Waals surface area contributed by atoms with Crippen LogP contribution < -0.4 is 10.3 Å². The first-order valence-corrected chi connectivity index (χ1v) is 10.0. The second-order valence-corrected chi connectivity index (χ2v) is 7.33. The molecule has 0 aliphatic carbocycles. The van der Waals surface area contributed by atoms with E-state index in [1.165, 1.54) is 17.0 Å². The Labute approximate surface area is 168 Å². The lowest BCUT2D eigenvalue weighted by Gasteiger charge is -2.26. The number of benzene rings is 2. The van der Waals surface area contributed by atoms with Crippen molar-refractivity contribution in [2.75, 3.05) is 26.2 Å². The van der Waals surface area contributed by atoms with Gasteiger partial charge in [-0.25, -0.2) is 4.39 Å². The maximum absolute atomic E-state index is 13.5.